The van der Waals surface area contributed by atoms with Gasteiger partial charge in [-0.3, -0.25) is 10.1 Å². The van der Waals surface area contributed by atoms with Crippen LogP contribution >= 0.6 is 0 Å². The first kappa shape index (κ1) is 9.92. The molecule has 1 aliphatic carbocycles. The summed E-state index contributed by atoms with van der Waals surface area (Å²) in [5, 5.41) is 20.6. The van der Waals surface area contributed by atoms with Crippen molar-refractivity contribution in [2.24, 2.45) is 0 Å². The third-order valence-corrected chi connectivity index (χ3v) is 2.63. The van der Waals surface area contributed by atoms with Crippen LogP contribution in [0, 0.1) is 10.1 Å². The Morgan fingerprint density at radius 1 is 1.53 bits per heavy atom. The average molecular weight is 209 g/mol. The Bertz CT molecular complexity index is 412. The fourth-order valence-electron chi connectivity index (χ4n) is 1.56. The number of nitrogens with zero attached hydrogens (tertiary/aromatic N) is 1. The molecule has 0 unspecified atom stereocenters. The summed E-state index contributed by atoms with van der Waals surface area (Å²) in [6.45, 7) is 0. The van der Waals surface area contributed by atoms with Crippen LogP contribution in [0.25, 0.3) is 0 Å². The topological polar surface area (TPSA) is 72.6 Å². The summed E-state index contributed by atoms with van der Waals surface area (Å²) in [4.78, 5) is 10.3. The Balaban J connectivity index is 2.51. The van der Waals surface area contributed by atoms with Crippen molar-refractivity contribution in [3.63, 3.8) is 0 Å². The monoisotopic (exact) mass is 209 g/mol. The van der Waals surface area contributed by atoms with Crippen molar-refractivity contribution in [3.8, 4) is 5.75 Å². The normalized spacial score (nSPS) is 17.2. The number of nitro benzene ring substituents is 1. The lowest BCUT2D eigenvalue weighted by Gasteiger charge is -2.10. The summed E-state index contributed by atoms with van der Waals surface area (Å²) in [6.07, 6.45) is 1.14. The third kappa shape index (κ3) is 1.66. The summed E-state index contributed by atoms with van der Waals surface area (Å²) in [5.74, 6) is 0.524. The van der Waals surface area contributed by atoms with Crippen molar-refractivity contribution in [2.75, 3.05) is 7.11 Å². The van der Waals surface area contributed by atoms with Crippen LogP contribution in [-0.4, -0.2) is 17.1 Å². The maximum absolute atomic E-state index is 10.7. The molecule has 15 heavy (non-hydrogen) atoms. The Kier molecular flexibility index (Phi) is 2.12. The molecule has 80 valence electrons. The van der Waals surface area contributed by atoms with Gasteiger partial charge in [-0.05, 0) is 25.0 Å². The van der Waals surface area contributed by atoms with Crippen LogP contribution in [0.1, 0.15) is 18.4 Å². The zero-order valence-electron chi connectivity index (χ0n) is 8.27. The summed E-state index contributed by atoms with van der Waals surface area (Å²) < 4.78 is 4.98. The van der Waals surface area contributed by atoms with Gasteiger partial charge in [0.05, 0.1) is 23.2 Å². The molecule has 0 radical (unpaired) electrons. The Morgan fingerprint density at radius 2 is 2.20 bits per heavy atom. The van der Waals surface area contributed by atoms with Crippen LogP contribution in [0.5, 0.6) is 5.75 Å². The van der Waals surface area contributed by atoms with Crippen molar-refractivity contribution < 1.29 is 14.8 Å². The first-order valence-electron chi connectivity index (χ1n) is 4.62. The number of hydrogen-bond acceptors (Lipinski definition) is 4. The molecule has 1 aromatic carbocycles. The van der Waals surface area contributed by atoms with Crippen molar-refractivity contribution >= 4 is 5.69 Å². The van der Waals surface area contributed by atoms with E-state index < -0.39 is 10.5 Å². The highest BCUT2D eigenvalue weighted by Crippen LogP contribution is 2.49. The van der Waals surface area contributed by atoms with Crippen molar-refractivity contribution in [3.05, 3.63) is 33.9 Å². The molecule has 2 rings (SSSR count). The highest BCUT2D eigenvalue weighted by molar-refractivity contribution is 5.50. The van der Waals surface area contributed by atoms with E-state index in [1.54, 1.807) is 0 Å². The van der Waals surface area contributed by atoms with Gasteiger partial charge in [0.15, 0.2) is 0 Å². The van der Waals surface area contributed by atoms with Gasteiger partial charge in [0.25, 0.3) is 5.69 Å². The highest BCUT2D eigenvalue weighted by Gasteiger charge is 2.46. The van der Waals surface area contributed by atoms with E-state index in [1.807, 2.05) is 0 Å². The molecule has 0 atom stereocenters. The molecule has 1 saturated carbocycles. The third-order valence-electron chi connectivity index (χ3n) is 2.63. The molecule has 1 aliphatic rings. The molecular formula is C10H11NO4. The number of methoxy groups -OCH3 is 1. The SMILES string of the molecule is COc1ccc([N+](=O)[O-])c(C2(O)CC2)c1. The van der Waals surface area contributed by atoms with Gasteiger partial charge in [0.1, 0.15) is 5.75 Å². The Labute approximate surface area is 86.4 Å². The number of hydrogen-bond donors (Lipinski definition) is 1. The molecule has 1 N–H and O–H groups in total. The molecule has 5 heteroatoms. The van der Waals surface area contributed by atoms with Crippen LogP contribution in [0.15, 0.2) is 18.2 Å². The molecule has 0 bridgehead atoms. The second-order valence-electron chi connectivity index (χ2n) is 3.67. The molecule has 0 amide bonds. The van der Waals surface area contributed by atoms with Gasteiger partial charge in [0.2, 0.25) is 0 Å². The highest BCUT2D eigenvalue weighted by atomic mass is 16.6. The molecule has 1 aromatic rings. The number of benzene rings is 1. The summed E-state index contributed by atoms with van der Waals surface area (Å²) in [7, 11) is 1.49. The van der Waals surface area contributed by atoms with E-state index >= 15 is 0 Å². The van der Waals surface area contributed by atoms with Gasteiger partial charge < -0.3 is 9.84 Å². The number of aliphatic hydroxyl groups is 1. The van der Waals surface area contributed by atoms with Gasteiger partial charge in [-0.15, -0.1) is 0 Å². The Morgan fingerprint density at radius 3 is 2.67 bits per heavy atom. The van der Waals surface area contributed by atoms with Crippen LogP contribution in [0.3, 0.4) is 0 Å². The molecule has 0 spiro atoms. The first-order chi connectivity index (χ1) is 7.07. The van der Waals surface area contributed by atoms with E-state index in [-0.39, 0.29) is 5.69 Å². The lowest BCUT2D eigenvalue weighted by Crippen LogP contribution is -2.08. The van der Waals surface area contributed by atoms with Gasteiger partial charge in [-0.25, -0.2) is 0 Å². The maximum Gasteiger partial charge on any atom is 0.275 e. The average Bonchev–Trinajstić information content (AvgIpc) is 2.97. The molecule has 1 fully saturated rings. The Hall–Kier alpha value is -1.62. The zero-order chi connectivity index (χ0) is 11.1. The maximum atomic E-state index is 10.7. The van der Waals surface area contributed by atoms with Crippen LogP contribution in [0.2, 0.25) is 0 Å². The van der Waals surface area contributed by atoms with E-state index in [0.717, 1.165) is 0 Å². The minimum atomic E-state index is -1.02. The second-order valence-corrected chi connectivity index (χ2v) is 3.67. The van der Waals surface area contributed by atoms with E-state index in [0.29, 0.717) is 24.2 Å². The first-order valence-corrected chi connectivity index (χ1v) is 4.62. The number of ether oxygens (including phenoxy) is 1. The number of rotatable bonds is 3. The minimum absolute atomic E-state index is 0.0456. The van der Waals surface area contributed by atoms with Crippen molar-refractivity contribution in [1.29, 1.82) is 0 Å². The zero-order valence-corrected chi connectivity index (χ0v) is 8.27. The van der Waals surface area contributed by atoms with Gasteiger partial charge in [-0.2, -0.15) is 0 Å². The van der Waals surface area contributed by atoms with Crippen LogP contribution in [-0.2, 0) is 5.60 Å². The van der Waals surface area contributed by atoms with Gasteiger partial charge in [-0.1, -0.05) is 0 Å². The molecule has 5 nitrogen and oxygen atoms in total. The quantitative estimate of drug-likeness (QED) is 0.606. The summed E-state index contributed by atoms with van der Waals surface area (Å²) >= 11 is 0. The molecular weight excluding hydrogens is 198 g/mol. The lowest BCUT2D eigenvalue weighted by molar-refractivity contribution is -0.386. The second kappa shape index (κ2) is 3.20. The standard InChI is InChI=1S/C10H11NO4/c1-15-7-2-3-9(11(13)14)8(6-7)10(12)4-5-10/h2-3,6,12H,4-5H2,1H3. The molecule has 0 aromatic heterocycles. The van der Waals surface area contributed by atoms with Crippen molar-refractivity contribution in [2.45, 2.75) is 18.4 Å². The summed E-state index contributed by atoms with van der Waals surface area (Å²) in [6, 6.07) is 4.42. The predicted molar refractivity (Wildman–Crippen MR) is 52.8 cm³/mol. The molecule has 0 heterocycles. The fourth-order valence-corrected chi connectivity index (χ4v) is 1.56. The van der Waals surface area contributed by atoms with Gasteiger partial charge >= 0.3 is 0 Å². The minimum Gasteiger partial charge on any atom is -0.497 e. The predicted octanol–water partition coefficient (Wildman–Crippen LogP) is 1.58. The van der Waals surface area contributed by atoms with E-state index in [1.165, 1.54) is 25.3 Å². The fraction of sp³-hybridized carbons (Fsp3) is 0.400. The summed E-state index contributed by atoms with van der Waals surface area (Å²) in [5.41, 5.74) is -0.709. The van der Waals surface area contributed by atoms with E-state index in [4.69, 9.17) is 4.74 Å². The van der Waals surface area contributed by atoms with Crippen LogP contribution in [0.4, 0.5) is 5.69 Å². The largest absolute Gasteiger partial charge is 0.497 e. The molecule has 0 saturated heterocycles. The smallest absolute Gasteiger partial charge is 0.275 e. The van der Waals surface area contributed by atoms with Crippen molar-refractivity contribution in [1.82, 2.24) is 0 Å². The van der Waals surface area contributed by atoms with Gasteiger partial charge in [0, 0.05) is 6.07 Å². The number of nitro groups is 1. The van der Waals surface area contributed by atoms with E-state index in [9.17, 15) is 15.2 Å². The van der Waals surface area contributed by atoms with E-state index in [2.05, 4.69) is 0 Å². The molecule has 0 aliphatic heterocycles. The lowest BCUT2D eigenvalue weighted by atomic mass is 10.1. The van der Waals surface area contributed by atoms with Crippen LogP contribution < -0.4 is 4.74 Å².